The number of fused-ring (bicyclic) bond motifs is 2. The minimum atomic E-state index is -0.223. The largest absolute Gasteiger partial charge is 0.455 e. The average molecular weight is 527 g/mol. The van der Waals surface area contributed by atoms with Gasteiger partial charge in [0, 0.05) is 39.5 Å². The number of carbonyl (C=O) groups is 1. The van der Waals surface area contributed by atoms with Crippen molar-refractivity contribution in [2.75, 3.05) is 0 Å². The number of hydrogen-bond donors (Lipinski definition) is 0. The number of rotatable bonds is 2. The van der Waals surface area contributed by atoms with E-state index in [1.807, 2.05) is 35.9 Å². The van der Waals surface area contributed by atoms with E-state index in [-0.39, 0.29) is 11.4 Å². The molecule has 0 saturated heterocycles. The van der Waals surface area contributed by atoms with Crippen LogP contribution >= 0.6 is 22.6 Å². The van der Waals surface area contributed by atoms with E-state index in [0.29, 0.717) is 33.6 Å². The van der Waals surface area contributed by atoms with E-state index < -0.39 is 0 Å². The highest BCUT2D eigenvalue weighted by atomic mass is 127. The summed E-state index contributed by atoms with van der Waals surface area (Å²) in [5.74, 6) is 0.266. The molecule has 0 amide bonds. The molecule has 152 valence electrons. The predicted octanol–water partition coefficient (Wildman–Crippen LogP) is 6.12. The van der Waals surface area contributed by atoms with E-state index in [1.54, 1.807) is 30.3 Å². The Hall–Kier alpha value is -3.88. The summed E-state index contributed by atoms with van der Waals surface area (Å²) in [4.78, 5) is 13.1. The SMILES string of the molecule is Cn1c(-c2ccc(I)cc2)cc2oc(/C=C3\C(=O)c4ccccc4C3=C(C#N)C#N)cc21. The fraction of sp³-hybridized carbons (Fsp3) is 0.0385. The Labute approximate surface area is 197 Å². The first-order chi connectivity index (χ1) is 15.5. The Balaban J connectivity index is 1.63. The molecule has 6 heteroatoms. The average Bonchev–Trinajstić information content (AvgIpc) is 3.43. The maximum atomic E-state index is 13.1. The van der Waals surface area contributed by atoms with Gasteiger partial charge in [0.25, 0.3) is 0 Å². The normalized spacial score (nSPS) is 13.9. The topological polar surface area (TPSA) is 82.7 Å². The number of carbonyl (C=O) groups excluding carboxylic acids is 1. The lowest BCUT2D eigenvalue weighted by Gasteiger charge is -2.04. The first kappa shape index (κ1) is 20.0. The number of aryl methyl sites for hydroxylation is 1. The van der Waals surface area contributed by atoms with Crippen LogP contribution in [0, 0.1) is 26.2 Å². The van der Waals surface area contributed by atoms with Crippen molar-refractivity contribution in [1.82, 2.24) is 4.57 Å². The summed E-state index contributed by atoms with van der Waals surface area (Å²) < 4.78 is 9.25. The number of hydrogen-bond acceptors (Lipinski definition) is 4. The van der Waals surface area contributed by atoms with E-state index in [9.17, 15) is 15.3 Å². The molecule has 2 heterocycles. The molecule has 4 aromatic rings. The summed E-state index contributed by atoms with van der Waals surface area (Å²) >= 11 is 2.28. The zero-order chi connectivity index (χ0) is 22.4. The molecular formula is C26H14IN3O2. The highest BCUT2D eigenvalue weighted by Gasteiger charge is 2.32. The van der Waals surface area contributed by atoms with Crippen molar-refractivity contribution in [3.63, 3.8) is 0 Å². The van der Waals surface area contributed by atoms with Crippen molar-refractivity contribution in [3.8, 4) is 23.4 Å². The van der Waals surface area contributed by atoms with Crippen LogP contribution < -0.4 is 0 Å². The van der Waals surface area contributed by atoms with Crippen LogP contribution in [-0.4, -0.2) is 10.4 Å². The molecule has 32 heavy (non-hydrogen) atoms. The van der Waals surface area contributed by atoms with Crippen LogP contribution in [0.3, 0.4) is 0 Å². The summed E-state index contributed by atoms with van der Waals surface area (Å²) in [6.45, 7) is 0. The van der Waals surface area contributed by atoms with Crippen LogP contribution in [0.5, 0.6) is 0 Å². The molecule has 0 aliphatic heterocycles. The molecule has 5 nitrogen and oxygen atoms in total. The van der Waals surface area contributed by atoms with Gasteiger partial charge in [-0.3, -0.25) is 4.79 Å². The van der Waals surface area contributed by atoms with Gasteiger partial charge in [-0.15, -0.1) is 0 Å². The zero-order valence-electron chi connectivity index (χ0n) is 16.9. The fourth-order valence-corrected chi connectivity index (χ4v) is 4.45. The maximum absolute atomic E-state index is 13.1. The Morgan fingerprint density at radius 1 is 1.03 bits per heavy atom. The third kappa shape index (κ3) is 3.08. The summed E-state index contributed by atoms with van der Waals surface area (Å²) in [6, 6.07) is 22.9. The van der Waals surface area contributed by atoms with Crippen LogP contribution in [0.15, 0.2) is 76.2 Å². The Morgan fingerprint density at radius 3 is 2.38 bits per heavy atom. The first-order valence-electron chi connectivity index (χ1n) is 9.77. The second-order valence-corrected chi connectivity index (χ2v) is 8.65. The van der Waals surface area contributed by atoms with Gasteiger partial charge >= 0.3 is 0 Å². The lowest BCUT2D eigenvalue weighted by Crippen LogP contribution is -1.95. The number of aromatic nitrogens is 1. The Bertz CT molecular complexity index is 1550. The maximum Gasteiger partial charge on any atom is 0.194 e. The summed E-state index contributed by atoms with van der Waals surface area (Å²) in [5.41, 5.74) is 5.33. The van der Waals surface area contributed by atoms with Crippen molar-refractivity contribution in [1.29, 1.82) is 10.5 Å². The van der Waals surface area contributed by atoms with Gasteiger partial charge in [-0.1, -0.05) is 36.4 Å². The van der Waals surface area contributed by atoms with Gasteiger partial charge in [0.15, 0.2) is 11.4 Å². The van der Waals surface area contributed by atoms with Crippen molar-refractivity contribution < 1.29 is 9.21 Å². The number of benzene rings is 2. The smallest absolute Gasteiger partial charge is 0.194 e. The van der Waals surface area contributed by atoms with E-state index in [1.165, 1.54) is 3.57 Å². The molecule has 0 N–H and O–H groups in total. The number of nitrogens with zero attached hydrogens (tertiary/aromatic N) is 3. The van der Waals surface area contributed by atoms with E-state index >= 15 is 0 Å². The number of halogens is 1. The van der Waals surface area contributed by atoms with E-state index in [2.05, 4.69) is 46.9 Å². The zero-order valence-corrected chi connectivity index (χ0v) is 19.0. The lowest BCUT2D eigenvalue weighted by atomic mass is 9.99. The Morgan fingerprint density at radius 2 is 1.72 bits per heavy atom. The fourth-order valence-electron chi connectivity index (χ4n) is 4.09. The number of furan rings is 1. The molecule has 0 bridgehead atoms. The Kier molecular flexibility index (Phi) is 4.80. The molecule has 0 radical (unpaired) electrons. The van der Waals surface area contributed by atoms with Gasteiger partial charge in [-0.2, -0.15) is 10.5 Å². The summed E-state index contributed by atoms with van der Waals surface area (Å²) in [5, 5.41) is 18.9. The highest BCUT2D eigenvalue weighted by molar-refractivity contribution is 14.1. The van der Waals surface area contributed by atoms with Crippen LogP contribution in [0.25, 0.3) is 34.0 Å². The minimum absolute atomic E-state index is 0.0911. The molecule has 1 aliphatic carbocycles. The van der Waals surface area contributed by atoms with Gasteiger partial charge < -0.3 is 8.98 Å². The molecule has 2 aromatic carbocycles. The monoisotopic (exact) mass is 527 g/mol. The second-order valence-electron chi connectivity index (χ2n) is 7.40. The quantitative estimate of drug-likeness (QED) is 0.179. The van der Waals surface area contributed by atoms with Gasteiger partial charge in [0.05, 0.1) is 11.2 Å². The van der Waals surface area contributed by atoms with Crippen LogP contribution in [0.2, 0.25) is 0 Å². The summed E-state index contributed by atoms with van der Waals surface area (Å²) in [6.07, 6.45) is 1.62. The number of nitriles is 2. The number of allylic oxidation sites excluding steroid dienone is 3. The van der Waals surface area contributed by atoms with Gasteiger partial charge in [0.1, 0.15) is 23.5 Å². The van der Waals surface area contributed by atoms with Crippen LogP contribution in [0.4, 0.5) is 0 Å². The summed E-state index contributed by atoms with van der Waals surface area (Å²) in [7, 11) is 1.97. The number of Topliss-reactive ketones (excluding diaryl/α,β-unsaturated/α-hetero) is 1. The van der Waals surface area contributed by atoms with Crippen molar-refractivity contribution >= 4 is 51.1 Å². The van der Waals surface area contributed by atoms with E-state index in [4.69, 9.17) is 4.42 Å². The molecule has 2 aromatic heterocycles. The molecule has 5 rings (SSSR count). The number of ketones is 1. The second kappa shape index (κ2) is 7.67. The standard InChI is InChI=1S/C26H14IN3O2/c1-30-22(15-6-8-17(27)9-7-15)12-24-23(30)11-18(32-24)10-21-25(16(13-28)14-29)19-4-2-3-5-20(19)26(21)31/h2-12H,1H3/b21-10-. The third-order valence-electron chi connectivity index (χ3n) is 5.60. The van der Waals surface area contributed by atoms with E-state index in [0.717, 1.165) is 16.8 Å². The minimum Gasteiger partial charge on any atom is -0.455 e. The molecule has 1 aliphatic rings. The third-order valence-corrected chi connectivity index (χ3v) is 6.32. The first-order valence-corrected chi connectivity index (χ1v) is 10.9. The molecule has 0 fully saturated rings. The molecular weight excluding hydrogens is 513 g/mol. The van der Waals surface area contributed by atoms with Gasteiger partial charge in [0.2, 0.25) is 0 Å². The van der Waals surface area contributed by atoms with Gasteiger partial charge in [-0.25, -0.2) is 0 Å². The van der Waals surface area contributed by atoms with Crippen molar-refractivity contribution in [3.05, 3.63) is 92.3 Å². The van der Waals surface area contributed by atoms with Crippen LogP contribution in [-0.2, 0) is 7.05 Å². The van der Waals surface area contributed by atoms with Crippen molar-refractivity contribution in [2.45, 2.75) is 0 Å². The van der Waals surface area contributed by atoms with Crippen molar-refractivity contribution in [2.24, 2.45) is 7.05 Å². The molecule has 0 unspecified atom stereocenters. The highest BCUT2D eigenvalue weighted by Crippen LogP contribution is 2.40. The molecule has 0 spiro atoms. The van der Waals surface area contributed by atoms with Gasteiger partial charge in [-0.05, 0) is 51.9 Å². The predicted molar refractivity (Wildman–Crippen MR) is 130 cm³/mol. The molecule has 0 saturated carbocycles. The lowest BCUT2D eigenvalue weighted by molar-refractivity contribution is 0.104. The van der Waals surface area contributed by atoms with Crippen LogP contribution in [0.1, 0.15) is 21.7 Å². The molecule has 0 atom stereocenters.